The fourth-order valence-electron chi connectivity index (χ4n) is 3.11. The molecule has 0 aromatic carbocycles. The fourth-order valence-corrected chi connectivity index (χ4v) is 3.11. The minimum absolute atomic E-state index is 0.0196. The third-order valence-electron chi connectivity index (χ3n) is 4.16. The lowest BCUT2D eigenvalue weighted by molar-refractivity contribution is -0.123. The van der Waals surface area contributed by atoms with Crippen molar-refractivity contribution in [3.05, 3.63) is 11.3 Å². The van der Waals surface area contributed by atoms with Gasteiger partial charge >= 0.3 is 0 Å². The molecule has 0 aromatic heterocycles. The van der Waals surface area contributed by atoms with Gasteiger partial charge in [-0.2, -0.15) is 0 Å². The van der Waals surface area contributed by atoms with Gasteiger partial charge in [-0.05, 0) is 31.1 Å². The molecule has 106 valence electrons. The van der Waals surface area contributed by atoms with Gasteiger partial charge in [0, 0.05) is 32.5 Å². The Balaban J connectivity index is 2.08. The third-order valence-corrected chi connectivity index (χ3v) is 4.16. The van der Waals surface area contributed by atoms with Gasteiger partial charge in [0.1, 0.15) is 5.76 Å². The van der Waals surface area contributed by atoms with E-state index in [9.17, 15) is 14.7 Å². The van der Waals surface area contributed by atoms with E-state index in [0.29, 0.717) is 31.6 Å². The number of ether oxygens (including phenoxy) is 1. The molecule has 1 heterocycles. The van der Waals surface area contributed by atoms with Crippen molar-refractivity contribution < 1.29 is 19.4 Å². The topological polar surface area (TPSA) is 63.6 Å². The zero-order valence-electron chi connectivity index (χ0n) is 11.5. The first-order chi connectivity index (χ1) is 9.13. The molecule has 1 aliphatic carbocycles. The number of aliphatic hydroxyl groups excluding tert-OH is 1. The molecular formula is C15H22O4. The highest BCUT2D eigenvalue weighted by molar-refractivity contribution is 6.20. The zero-order valence-corrected chi connectivity index (χ0v) is 11.5. The van der Waals surface area contributed by atoms with Gasteiger partial charge in [0.05, 0.1) is 5.57 Å². The van der Waals surface area contributed by atoms with Crippen LogP contribution in [0.2, 0.25) is 0 Å². The lowest BCUT2D eigenvalue weighted by Gasteiger charge is -2.32. The van der Waals surface area contributed by atoms with E-state index in [-0.39, 0.29) is 28.8 Å². The van der Waals surface area contributed by atoms with Crippen LogP contribution in [0.4, 0.5) is 0 Å². The summed E-state index contributed by atoms with van der Waals surface area (Å²) in [6.07, 6.45) is 3.81. The highest BCUT2D eigenvalue weighted by atomic mass is 16.5. The maximum absolute atomic E-state index is 12.1. The fraction of sp³-hybridized carbons (Fsp3) is 0.733. The Hall–Kier alpha value is -1.16. The number of carbonyl (C=O) groups is 2. The van der Waals surface area contributed by atoms with Crippen LogP contribution >= 0.6 is 0 Å². The largest absolute Gasteiger partial charge is 0.511 e. The van der Waals surface area contributed by atoms with Crippen LogP contribution in [0.5, 0.6) is 0 Å². The van der Waals surface area contributed by atoms with Gasteiger partial charge in [-0.1, -0.05) is 6.92 Å². The summed E-state index contributed by atoms with van der Waals surface area (Å²) in [6, 6.07) is 0. The molecule has 1 atom stereocenters. The van der Waals surface area contributed by atoms with Gasteiger partial charge in [-0.15, -0.1) is 0 Å². The Morgan fingerprint density at radius 2 is 1.95 bits per heavy atom. The van der Waals surface area contributed by atoms with Crippen molar-refractivity contribution >= 4 is 11.6 Å². The minimum Gasteiger partial charge on any atom is -0.511 e. The Morgan fingerprint density at radius 3 is 2.53 bits per heavy atom. The van der Waals surface area contributed by atoms with Crippen LogP contribution in [0.15, 0.2) is 11.3 Å². The molecule has 0 spiro atoms. The van der Waals surface area contributed by atoms with Crippen LogP contribution in [0.1, 0.15) is 45.4 Å². The maximum atomic E-state index is 12.1. The van der Waals surface area contributed by atoms with Crippen molar-refractivity contribution in [1.29, 1.82) is 0 Å². The smallest absolute Gasteiger partial charge is 0.170 e. The molecule has 4 nitrogen and oxygen atoms in total. The number of hydrogen-bond acceptors (Lipinski definition) is 4. The van der Waals surface area contributed by atoms with Gasteiger partial charge in [0.25, 0.3) is 0 Å². The van der Waals surface area contributed by atoms with Crippen molar-refractivity contribution in [1.82, 2.24) is 0 Å². The molecule has 0 amide bonds. The predicted molar refractivity (Wildman–Crippen MR) is 70.8 cm³/mol. The standard InChI is InChI=1S/C15H22O4/c1-2-3-12(16)15-13(17)8-11(9-14(15)18)10-4-6-19-7-5-10/h10-11,17H,2-9H2,1H3. The summed E-state index contributed by atoms with van der Waals surface area (Å²) in [5.74, 6) is 0.262. The number of Topliss-reactive ketones (excluding diaryl/α,β-unsaturated/α-hetero) is 2. The van der Waals surface area contributed by atoms with E-state index in [4.69, 9.17) is 4.74 Å². The molecule has 2 aliphatic rings. The van der Waals surface area contributed by atoms with Gasteiger partial charge in [0.15, 0.2) is 11.6 Å². The Bertz CT molecular complexity index is 391. The van der Waals surface area contributed by atoms with Crippen molar-refractivity contribution in [3.63, 3.8) is 0 Å². The van der Waals surface area contributed by atoms with Gasteiger partial charge < -0.3 is 9.84 Å². The van der Waals surface area contributed by atoms with E-state index in [1.54, 1.807) is 0 Å². The van der Waals surface area contributed by atoms with Crippen LogP contribution in [0.25, 0.3) is 0 Å². The van der Waals surface area contributed by atoms with E-state index in [2.05, 4.69) is 0 Å². The molecule has 2 rings (SSSR count). The molecule has 1 saturated heterocycles. The molecule has 19 heavy (non-hydrogen) atoms. The van der Waals surface area contributed by atoms with E-state index in [1.165, 1.54) is 0 Å². The quantitative estimate of drug-likeness (QED) is 0.794. The molecule has 0 radical (unpaired) electrons. The summed E-state index contributed by atoms with van der Waals surface area (Å²) >= 11 is 0. The summed E-state index contributed by atoms with van der Waals surface area (Å²) < 4.78 is 5.32. The highest BCUT2D eigenvalue weighted by Gasteiger charge is 2.35. The van der Waals surface area contributed by atoms with Gasteiger partial charge in [-0.25, -0.2) is 0 Å². The molecule has 1 aliphatic heterocycles. The monoisotopic (exact) mass is 266 g/mol. The first kappa shape index (κ1) is 14.3. The van der Waals surface area contributed by atoms with E-state index in [0.717, 1.165) is 26.1 Å². The van der Waals surface area contributed by atoms with Crippen LogP contribution in [-0.2, 0) is 14.3 Å². The molecular weight excluding hydrogens is 244 g/mol. The minimum atomic E-state index is -0.199. The maximum Gasteiger partial charge on any atom is 0.170 e. The second kappa shape index (κ2) is 6.33. The number of aliphatic hydroxyl groups is 1. The molecule has 1 fully saturated rings. The van der Waals surface area contributed by atoms with Crippen molar-refractivity contribution in [2.24, 2.45) is 11.8 Å². The number of hydrogen-bond donors (Lipinski definition) is 1. The van der Waals surface area contributed by atoms with E-state index in [1.807, 2.05) is 6.92 Å². The highest BCUT2D eigenvalue weighted by Crippen LogP contribution is 2.36. The van der Waals surface area contributed by atoms with Gasteiger partial charge in [-0.3, -0.25) is 9.59 Å². The lowest BCUT2D eigenvalue weighted by atomic mass is 9.75. The molecule has 1 N–H and O–H groups in total. The van der Waals surface area contributed by atoms with Crippen LogP contribution < -0.4 is 0 Å². The number of rotatable bonds is 4. The van der Waals surface area contributed by atoms with Crippen LogP contribution in [0.3, 0.4) is 0 Å². The van der Waals surface area contributed by atoms with Crippen molar-refractivity contribution in [2.75, 3.05) is 13.2 Å². The predicted octanol–water partition coefficient (Wildman–Crippen LogP) is 2.57. The Labute approximate surface area is 113 Å². The second-order valence-corrected chi connectivity index (χ2v) is 5.54. The summed E-state index contributed by atoms with van der Waals surface area (Å²) in [6.45, 7) is 3.37. The normalized spacial score (nSPS) is 25.7. The summed E-state index contributed by atoms with van der Waals surface area (Å²) in [4.78, 5) is 23.9. The third kappa shape index (κ3) is 3.24. The summed E-state index contributed by atoms with van der Waals surface area (Å²) in [5.41, 5.74) is 0.0742. The lowest BCUT2D eigenvalue weighted by Crippen LogP contribution is -2.31. The zero-order chi connectivity index (χ0) is 13.8. The SMILES string of the molecule is CCCC(=O)C1=C(O)CC(C2CCOCC2)CC1=O. The van der Waals surface area contributed by atoms with E-state index >= 15 is 0 Å². The van der Waals surface area contributed by atoms with Gasteiger partial charge in [0.2, 0.25) is 0 Å². The number of allylic oxidation sites excluding steroid dienone is 2. The second-order valence-electron chi connectivity index (χ2n) is 5.54. The molecule has 0 saturated carbocycles. The Kier molecular flexibility index (Phi) is 4.75. The van der Waals surface area contributed by atoms with E-state index < -0.39 is 0 Å². The van der Waals surface area contributed by atoms with Crippen LogP contribution in [-0.4, -0.2) is 29.9 Å². The number of ketones is 2. The molecule has 0 bridgehead atoms. The average molecular weight is 266 g/mol. The first-order valence-corrected chi connectivity index (χ1v) is 7.19. The average Bonchev–Trinajstić information content (AvgIpc) is 2.39. The van der Waals surface area contributed by atoms with Crippen molar-refractivity contribution in [2.45, 2.75) is 45.4 Å². The Morgan fingerprint density at radius 1 is 1.26 bits per heavy atom. The molecule has 1 unspecified atom stereocenters. The number of carbonyl (C=O) groups excluding carboxylic acids is 2. The van der Waals surface area contributed by atoms with Crippen LogP contribution in [0, 0.1) is 11.8 Å². The molecule has 4 heteroatoms. The van der Waals surface area contributed by atoms with Crippen molar-refractivity contribution in [3.8, 4) is 0 Å². The molecule has 0 aromatic rings. The summed E-state index contributed by atoms with van der Waals surface area (Å²) in [5, 5.41) is 10.0. The summed E-state index contributed by atoms with van der Waals surface area (Å²) in [7, 11) is 0. The first-order valence-electron chi connectivity index (χ1n) is 7.19.